The van der Waals surface area contributed by atoms with Gasteiger partial charge in [0, 0.05) is 12.8 Å². The Morgan fingerprint density at radius 1 is 0.900 bits per heavy atom. The first-order valence-electron chi connectivity index (χ1n) is 7.95. The first-order valence-corrected chi connectivity index (χ1v) is 7.95. The Bertz CT molecular complexity index is 263. The van der Waals surface area contributed by atoms with Crippen LogP contribution in [0.3, 0.4) is 0 Å². The van der Waals surface area contributed by atoms with Crippen molar-refractivity contribution in [2.24, 2.45) is 0 Å². The van der Waals surface area contributed by atoms with E-state index in [1.807, 2.05) is 6.92 Å². The molecular formula is C16H30O4. The van der Waals surface area contributed by atoms with Crippen molar-refractivity contribution in [1.29, 1.82) is 0 Å². The lowest BCUT2D eigenvalue weighted by Gasteiger charge is -2.11. The minimum atomic E-state index is -0.221. The van der Waals surface area contributed by atoms with Gasteiger partial charge >= 0.3 is 11.9 Å². The van der Waals surface area contributed by atoms with Crippen molar-refractivity contribution < 1.29 is 19.1 Å². The van der Waals surface area contributed by atoms with Crippen molar-refractivity contribution in [3.05, 3.63) is 0 Å². The summed E-state index contributed by atoms with van der Waals surface area (Å²) in [7, 11) is 0. The van der Waals surface area contributed by atoms with Crippen molar-refractivity contribution in [3.63, 3.8) is 0 Å². The molecule has 0 bridgehead atoms. The molecule has 0 radical (unpaired) electrons. The van der Waals surface area contributed by atoms with Gasteiger partial charge in [0.1, 0.15) is 0 Å². The van der Waals surface area contributed by atoms with Crippen molar-refractivity contribution in [2.45, 2.75) is 84.7 Å². The molecule has 4 heteroatoms. The highest BCUT2D eigenvalue weighted by molar-refractivity contribution is 5.72. The lowest BCUT2D eigenvalue weighted by molar-refractivity contribution is -0.149. The summed E-state index contributed by atoms with van der Waals surface area (Å²) in [6.07, 6.45) is 7.32. The second-order valence-corrected chi connectivity index (χ2v) is 5.22. The van der Waals surface area contributed by atoms with Crippen LogP contribution in [0.25, 0.3) is 0 Å². The molecule has 0 aliphatic carbocycles. The molecule has 0 fully saturated rings. The molecule has 118 valence electrons. The molecule has 0 aromatic carbocycles. The Hall–Kier alpha value is -1.06. The number of unbranched alkanes of at least 4 members (excludes halogenated alkanes) is 3. The Balaban J connectivity index is 3.48. The highest BCUT2D eigenvalue weighted by atomic mass is 16.5. The van der Waals surface area contributed by atoms with Crippen molar-refractivity contribution >= 4 is 11.9 Å². The lowest BCUT2D eigenvalue weighted by atomic mass is 10.2. The number of carbonyl (C=O) groups is 2. The van der Waals surface area contributed by atoms with Crippen LogP contribution in [0.15, 0.2) is 0 Å². The molecule has 0 aromatic heterocycles. The van der Waals surface area contributed by atoms with Crippen molar-refractivity contribution in [3.8, 4) is 0 Å². The van der Waals surface area contributed by atoms with Crippen LogP contribution >= 0.6 is 0 Å². The smallest absolute Gasteiger partial charge is 0.306 e. The average molecular weight is 286 g/mol. The van der Waals surface area contributed by atoms with Gasteiger partial charge in [0.15, 0.2) is 0 Å². The molecule has 0 aliphatic rings. The molecule has 20 heavy (non-hydrogen) atoms. The summed E-state index contributed by atoms with van der Waals surface area (Å²) >= 11 is 0. The third kappa shape index (κ3) is 12.0. The maximum Gasteiger partial charge on any atom is 0.306 e. The first-order chi connectivity index (χ1) is 9.60. The largest absolute Gasteiger partial charge is 0.466 e. The Morgan fingerprint density at radius 2 is 1.60 bits per heavy atom. The van der Waals surface area contributed by atoms with Crippen LogP contribution in [0.1, 0.15) is 78.6 Å². The molecule has 0 spiro atoms. The summed E-state index contributed by atoms with van der Waals surface area (Å²) in [5.41, 5.74) is 0. The molecule has 0 rings (SSSR count). The predicted molar refractivity (Wildman–Crippen MR) is 79.4 cm³/mol. The SMILES string of the molecule is CCCCCCOC(=O)CCCC(=O)OC(C)CCC. The van der Waals surface area contributed by atoms with Gasteiger partial charge in [-0.3, -0.25) is 9.59 Å². The Labute approximate surface area is 123 Å². The first kappa shape index (κ1) is 18.9. The van der Waals surface area contributed by atoms with Gasteiger partial charge in [0.25, 0.3) is 0 Å². The summed E-state index contributed by atoms with van der Waals surface area (Å²) in [6.45, 7) is 6.59. The van der Waals surface area contributed by atoms with Crippen LogP contribution in [-0.4, -0.2) is 24.6 Å². The van der Waals surface area contributed by atoms with E-state index >= 15 is 0 Å². The second kappa shape index (κ2) is 12.9. The Kier molecular flexibility index (Phi) is 12.3. The minimum Gasteiger partial charge on any atom is -0.466 e. The number of hydrogen-bond acceptors (Lipinski definition) is 4. The van der Waals surface area contributed by atoms with Crippen LogP contribution < -0.4 is 0 Å². The van der Waals surface area contributed by atoms with Gasteiger partial charge in [0.05, 0.1) is 12.7 Å². The molecule has 0 amide bonds. The van der Waals surface area contributed by atoms with E-state index in [0.29, 0.717) is 25.9 Å². The highest BCUT2D eigenvalue weighted by Crippen LogP contribution is 2.06. The maximum absolute atomic E-state index is 11.5. The quantitative estimate of drug-likeness (QED) is 0.402. The fourth-order valence-corrected chi connectivity index (χ4v) is 1.91. The zero-order chi connectivity index (χ0) is 15.2. The maximum atomic E-state index is 11.5. The zero-order valence-electron chi connectivity index (χ0n) is 13.3. The van der Waals surface area contributed by atoms with Gasteiger partial charge in [-0.1, -0.05) is 39.5 Å². The second-order valence-electron chi connectivity index (χ2n) is 5.22. The lowest BCUT2D eigenvalue weighted by Crippen LogP contribution is -2.15. The van der Waals surface area contributed by atoms with Gasteiger partial charge in [-0.25, -0.2) is 0 Å². The molecule has 0 heterocycles. The van der Waals surface area contributed by atoms with Crippen molar-refractivity contribution in [2.75, 3.05) is 6.61 Å². The number of carbonyl (C=O) groups excluding carboxylic acids is 2. The Morgan fingerprint density at radius 3 is 2.25 bits per heavy atom. The van der Waals surface area contributed by atoms with Gasteiger partial charge in [-0.15, -0.1) is 0 Å². The number of hydrogen-bond donors (Lipinski definition) is 0. The molecule has 0 saturated heterocycles. The number of ether oxygens (including phenoxy) is 2. The van der Waals surface area contributed by atoms with Crippen LogP contribution in [0.4, 0.5) is 0 Å². The van der Waals surface area contributed by atoms with E-state index in [4.69, 9.17) is 9.47 Å². The van der Waals surface area contributed by atoms with Crippen LogP contribution in [0.5, 0.6) is 0 Å². The van der Waals surface area contributed by atoms with E-state index in [9.17, 15) is 9.59 Å². The standard InChI is InChI=1S/C16H30O4/c1-4-6-7-8-13-19-15(17)11-9-12-16(18)20-14(3)10-5-2/h14H,4-13H2,1-3H3. The van der Waals surface area contributed by atoms with Crippen LogP contribution in [0.2, 0.25) is 0 Å². The zero-order valence-corrected chi connectivity index (χ0v) is 13.3. The summed E-state index contributed by atoms with van der Waals surface area (Å²) in [6, 6.07) is 0. The van der Waals surface area contributed by atoms with E-state index in [2.05, 4.69) is 13.8 Å². The molecular weight excluding hydrogens is 256 g/mol. The van der Waals surface area contributed by atoms with Gasteiger partial charge in [-0.05, 0) is 26.2 Å². The normalized spacial score (nSPS) is 11.9. The minimum absolute atomic E-state index is 0.0296. The van der Waals surface area contributed by atoms with E-state index in [1.54, 1.807) is 0 Å². The molecule has 4 nitrogen and oxygen atoms in total. The third-order valence-electron chi connectivity index (χ3n) is 3.05. The fourth-order valence-electron chi connectivity index (χ4n) is 1.91. The van der Waals surface area contributed by atoms with Gasteiger partial charge < -0.3 is 9.47 Å². The number of esters is 2. The van der Waals surface area contributed by atoms with E-state index < -0.39 is 0 Å². The van der Waals surface area contributed by atoms with Gasteiger partial charge in [0.2, 0.25) is 0 Å². The average Bonchev–Trinajstić information content (AvgIpc) is 2.38. The van der Waals surface area contributed by atoms with E-state index in [1.165, 1.54) is 12.8 Å². The van der Waals surface area contributed by atoms with Crippen molar-refractivity contribution in [1.82, 2.24) is 0 Å². The summed E-state index contributed by atoms with van der Waals surface area (Å²) in [5.74, 6) is -0.433. The van der Waals surface area contributed by atoms with E-state index in [-0.39, 0.29) is 18.0 Å². The summed E-state index contributed by atoms with van der Waals surface area (Å²) in [4.78, 5) is 22.9. The van der Waals surface area contributed by atoms with Gasteiger partial charge in [-0.2, -0.15) is 0 Å². The molecule has 0 aromatic rings. The predicted octanol–water partition coefficient (Wildman–Crippen LogP) is 4.01. The summed E-state index contributed by atoms with van der Waals surface area (Å²) in [5, 5.41) is 0. The molecule has 1 atom stereocenters. The van der Waals surface area contributed by atoms with E-state index in [0.717, 1.165) is 25.7 Å². The van der Waals surface area contributed by atoms with Crippen LogP contribution in [-0.2, 0) is 19.1 Å². The highest BCUT2D eigenvalue weighted by Gasteiger charge is 2.10. The molecule has 0 N–H and O–H groups in total. The molecule has 1 unspecified atom stereocenters. The third-order valence-corrected chi connectivity index (χ3v) is 3.05. The monoisotopic (exact) mass is 286 g/mol. The van der Waals surface area contributed by atoms with Crippen LogP contribution in [0, 0.1) is 0 Å². The molecule has 0 aliphatic heterocycles. The summed E-state index contributed by atoms with van der Waals surface area (Å²) < 4.78 is 10.3. The number of rotatable bonds is 12. The topological polar surface area (TPSA) is 52.6 Å². The fraction of sp³-hybridized carbons (Fsp3) is 0.875. The molecule has 0 saturated carbocycles.